The van der Waals surface area contributed by atoms with E-state index in [2.05, 4.69) is 35.7 Å². The molecular formula is C27H34F3N7O. The second kappa shape index (κ2) is 10.9. The van der Waals surface area contributed by atoms with Crippen LogP contribution in [0.5, 0.6) is 0 Å². The molecule has 3 aromatic rings. The molecule has 1 aliphatic carbocycles. The topological polar surface area (TPSA) is 91.0 Å². The van der Waals surface area contributed by atoms with Crippen molar-refractivity contribution in [1.82, 2.24) is 25.1 Å². The number of halogens is 3. The third kappa shape index (κ3) is 5.94. The van der Waals surface area contributed by atoms with E-state index < -0.39 is 11.7 Å². The van der Waals surface area contributed by atoms with Crippen molar-refractivity contribution in [2.24, 2.45) is 0 Å². The van der Waals surface area contributed by atoms with Gasteiger partial charge in [-0.25, -0.2) is 18.2 Å². The highest BCUT2D eigenvalue weighted by atomic mass is 19.3. The number of anilines is 4. The van der Waals surface area contributed by atoms with E-state index in [1.165, 1.54) is 0 Å². The molecule has 8 nitrogen and oxygen atoms in total. The summed E-state index contributed by atoms with van der Waals surface area (Å²) in [5.74, 6) is -3.06. The zero-order valence-corrected chi connectivity index (χ0v) is 22.0. The molecule has 1 aliphatic heterocycles. The predicted molar refractivity (Wildman–Crippen MR) is 140 cm³/mol. The van der Waals surface area contributed by atoms with Crippen molar-refractivity contribution in [3.63, 3.8) is 0 Å². The highest BCUT2D eigenvalue weighted by molar-refractivity contribution is 5.62. The van der Waals surface area contributed by atoms with E-state index in [1.807, 2.05) is 6.92 Å². The smallest absolute Gasteiger partial charge is 0.275 e. The first-order valence-corrected chi connectivity index (χ1v) is 13.1. The monoisotopic (exact) mass is 529 g/mol. The van der Waals surface area contributed by atoms with Gasteiger partial charge >= 0.3 is 0 Å². The zero-order valence-electron chi connectivity index (χ0n) is 22.0. The number of aryl methyl sites for hydroxylation is 2. The maximum atomic E-state index is 15.3. The van der Waals surface area contributed by atoms with Gasteiger partial charge in [0.25, 0.3) is 5.92 Å². The Balaban J connectivity index is 1.31. The Hall–Kier alpha value is -3.18. The van der Waals surface area contributed by atoms with Crippen molar-refractivity contribution in [2.45, 2.75) is 64.3 Å². The SMILES string of the molecule is Cc1cc(Nc2nc(Nc3cc(C)c(C4CCC(N5CCOCC5)CC4)cc3F)ncc2C(C)(F)F)n[nH]1. The number of nitrogens with zero attached hydrogens (tertiary/aromatic N) is 4. The Morgan fingerprint density at radius 2 is 1.79 bits per heavy atom. The van der Waals surface area contributed by atoms with Gasteiger partial charge in [-0.1, -0.05) is 0 Å². The van der Waals surface area contributed by atoms with E-state index in [4.69, 9.17) is 4.74 Å². The molecule has 1 saturated carbocycles. The molecule has 2 aromatic heterocycles. The largest absolute Gasteiger partial charge is 0.379 e. The minimum Gasteiger partial charge on any atom is -0.379 e. The molecule has 0 bridgehead atoms. The van der Waals surface area contributed by atoms with Gasteiger partial charge in [-0.3, -0.25) is 10.00 Å². The molecule has 0 amide bonds. The fourth-order valence-electron chi connectivity index (χ4n) is 5.51. The molecule has 11 heteroatoms. The van der Waals surface area contributed by atoms with E-state index in [1.54, 1.807) is 25.1 Å². The normalized spacial score (nSPS) is 20.9. The molecule has 1 aromatic carbocycles. The number of hydrogen-bond donors (Lipinski definition) is 3. The lowest BCUT2D eigenvalue weighted by atomic mass is 9.79. The van der Waals surface area contributed by atoms with Crippen molar-refractivity contribution in [3.05, 3.63) is 52.6 Å². The number of alkyl halides is 2. The number of nitrogens with one attached hydrogen (secondary N) is 3. The van der Waals surface area contributed by atoms with Gasteiger partial charge in [0, 0.05) is 44.0 Å². The van der Waals surface area contributed by atoms with Crippen molar-refractivity contribution in [3.8, 4) is 0 Å². The fraction of sp³-hybridized carbons (Fsp3) is 0.519. The summed E-state index contributed by atoms with van der Waals surface area (Å²) in [5.41, 5.74) is 2.57. The first-order valence-electron chi connectivity index (χ1n) is 13.1. The summed E-state index contributed by atoms with van der Waals surface area (Å²) in [6.45, 7) is 8.11. The van der Waals surface area contributed by atoms with Crippen molar-refractivity contribution in [2.75, 3.05) is 36.9 Å². The minimum absolute atomic E-state index is 0.00447. The lowest BCUT2D eigenvalue weighted by molar-refractivity contribution is 0.00728. The predicted octanol–water partition coefficient (Wildman–Crippen LogP) is 5.91. The van der Waals surface area contributed by atoms with Gasteiger partial charge in [0.1, 0.15) is 11.6 Å². The second-order valence-electron chi connectivity index (χ2n) is 10.4. The van der Waals surface area contributed by atoms with Crippen molar-refractivity contribution >= 4 is 23.3 Å². The molecule has 0 radical (unpaired) electrons. The second-order valence-corrected chi connectivity index (χ2v) is 10.4. The molecule has 3 N–H and O–H groups in total. The van der Waals surface area contributed by atoms with Crippen LogP contribution in [0.3, 0.4) is 0 Å². The van der Waals surface area contributed by atoms with Crippen LogP contribution in [0.1, 0.15) is 60.9 Å². The van der Waals surface area contributed by atoms with Crippen LogP contribution in [-0.4, -0.2) is 57.4 Å². The van der Waals surface area contributed by atoms with E-state index in [0.29, 0.717) is 17.8 Å². The average Bonchev–Trinajstić information content (AvgIpc) is 3.30. The zero-order chi connectivity index (χ0) is 26.9. The highest BCUT2D eigenvalue weighted by Crippen LogP contribution is 2.38. The number of hydrogen-bond acceptors (Lipinski definition) is 7. The number of rotatable bonds is 7. The maximum absolute atomic E-state index is 15.3. The Bertz CT molecular complexity index is 1260. The third-order valence-corrected chi connectivity index (χ3v) is 7.51. The fourth-order valence-corrected chi connectivity index (χ4v) is 5.51. The van der Waals surface area contributed by atoms with Gasteiger partial charge < -0.3 is 15.4 Å². The number of aromatic nitrogens is 4. The van der Waals surface area contributed by atoms with Crippen LogP contribution >= 0.6 is 0 Å². The number of benzene rings is 1. The molecule has 2 aliphatic rings. The lowest BCUT2D eigenvalue weighted by Gasteiger charge is -2.39. The summed E-state index contributed by atoms with van der Waals surface area (Å²) in [6, 6.07) is 5.58. The average molecular weight is 530 g/mol. The van der Waals surface area contributed by atoms with Crippen molar-refractivity contribution in [1.29, 1.82) is 0 Å². The van der Waals surface area contributed by atoms with Crippen LogP contribution in [0.2, 0.25) is 0 Å². The standard InChI is InChI=1S/C27H34F3N7O/c1-16-12-23(22(28)14-20(16)18-4-6-19(7-5-18)37-8-10-38-11-9-37)32-26-31-15-21(27(3,29)30)25(34-26)33-24-13-17(2)35-36-24/h12-15,18-19H,4-11H2,1-3H3,(H3,31,32,33,34,35,36). The van der Waals surface area contributed by atoms with Crippen molar-refractivity contribution < 1.29 is 17.9 Å². The summed E-state index contributed by atoms with van der Waals surface area (Å²) in [4.78, 5) is 10.8. The summed E-state index contributed by atoms with van der Waals surface area (Å²) in [5, 5.41) is 12.5. The van der Waals surface area contributed by atoms with E-state index >= 15 is 4.39 Å². The summed E-state index contributed by atoms with van der Waals surface area (Å²) in [6.07, 6.45) is 5.28. The first kappa shape index (κ1) is 26.4. The molecule has 1 saturated heterocycles. The van der Waals surface area contributed by atoms with Gasteiger partial charge in [-0.15, -0.1) is 0 Å². The summed E-state index contributed by atoms with van der Waals surface area (Å²) in [7, 11) is 0. The maximum Gasteiger partial charge on any atom is 0.275 e. The number of aromatic amines is 1. The Labute approximate surface area is 220 Å². The molecule has 0 spiro atoms. The van der Waals surface area contributed by atoms with Gasteiger partial charge in [-0.05, 0) is 68.7 Å². The minimum atomic E-state index is -3.18. The van der Waals surface area contributed by atoms with Gasteiger partial charge in [0.05, 0.1) is 24.5 Å². The van der Waals surface area contributed by atoms with Crippen LogP contribution in [0.4, 0.5) is 36.4 Å². The Morgan fingerprint density at radius 1 is 1.05 bits per heavy atom. The number of H-pyrrole nitrogens is 1. The van der Waals surface area contributed by atoms with E-state index in [9.17, 15) is 8.78 Å². The third-order valence-electron chi connectivity index (χ3n) is 7.51. The van der Waals surface area contributed by atoms with Crippen LogP contribution in [0, 0.1) is 19.7 Å². The highest BCUT2D eigenvalue weighted by Gasteiger charge is 2.31. The quantitative estimate of drug-likeness (QED) is 0.350. The molecule has 0 atom stereocenters. The summed E-state index contributed by atoms with van der Waals surface area (Å²) < 4.78 is 49.2. The molecular weight excluding hydrogens is 495 g/mol. The van der Waals surface area contributed by atoms with Gasteiger partial charge in [-0.2, -0.15) is 10.1 Å². The first-order chi connectivity index (χ1) is 18.2. The molecule has 0 unspecified atom stereocenters. The molecule has 38 heavy (non-hydrogen) atoms. The van der Waals surface area contributed by atoms with Gasteiger partial charge in [0.2, 0.25) is 5.95 Å². The van der Waals surface area contributed by atoms with Crippen LogP contribution < -0.4 is 10.6 Å². The van der Waals surface area contributed by atoms with E-state index in [0.717, 1.165) is 81.9 Å². The number of ether oxygens (including phenoxy) is 1. The van der Waals surface area contributed by atoms with Crippen LogP contribution in [0.15, 0.2) is 24.4 Å². The molecule has 5 rings (SSSR count). The van der Waals surface area contributed by atoms with E-state index in [-0.39, 0.29) is 23.0 Å². The van der Waals surface area contributed by atoms with Gasteiger partial charge in [0.15, 0.2) is 5.82 Å². The molecule has 2 fully saturated rings. The van der Waals surface area contributed by atoms with Crippen LogP contribution in [-0.2, 0) is 10.7 Å². The molecule has 3 heterocycles. The Kier molecular flexibility index (Phi) is 7.58. The van der Waals surface area contributed by atoms with Crippen LogP contribution in [0.25, 0.3) is 0 Å². The summed E-state index contributed by atoms with van der Waals surface area (Å²) >= 11 is 0. The lowest BCUT2D eigenvalue weighted by Crippen LogP contribution is -2.44. The Morgan fingerprint density at radius 3 is 2.45 bits per heavy atom. The molecule has 204 valence electrons. The number of morpholine rings is 1.